The van der Waals surface area contributed by atoms with Crippen molar-refractivity contribution in [2.45, 2.75) is 13.8 Å². The Hall–Kier alpha value is -1.58. The maximum absolute atomic E-state index is 7.39. The molecule has 0 aliphatic rings. The van der Waals surface area contributed by atoms with E-state index < -0.39 is 0 Å². The number of aryl methyl sites for hydroxylation is 2. The van der Waals surface area contributed by atoms with Crippen LogP contribution in [0, 0.1) is 19.3 Å². The summed E-state index contributed by atoms with van der Waals surface area (Å²) in [6.07, 6.45) is 0. The van der Waals surface area contributed by atoms with Gasteiger partial charge in [-0.3, -0.25) is 5.41 Å². The van der Waals surface area contributed by atoms with Crippen LogP contribution < -0.4 is 11.1 Å². The Labute approximate surface area is 77.7 Å². The zero-order valence-corrected chi connectivity index (χ0v) is 8.10. The molecule has 1 rings (SSSR count). The molecule has 0 fully saturated rings. The van der Waals surface area contributed by atoms with E-state index in [-0.39, 0.29) is 5.84 Å². The van der Waals surface area contributed by atoms with Crippen LogP contribution in [0.5, 0.6) is 0 Å². The molecule has 1 heterocycles. The number of nitrogens with two attached hydrogens (primary N) is 1. The van der Waals surface area contributed by atoms with E-state index in [1.54, 1.807) is 7.05 Å². The molecule has 0 amide bonds. The zero-order valence-electron chi connectivity index (χ0n) is 8.10. The first-order chi connectivity index (χ1) is 6.06. The van der Waals surface area contributed by atoms with Crippen molar-refractivity contribution in [1.29, 1.82) is 5.41 Å². The molecule has 4 nitrogen and oxygen atoms in total. The van der Waals surface area contributed by atoms with Gasteiger partial charge in [0, 0.05) is 12.7 Å². The predicted molar refractivity (Wildman–Crippen MR) is 54.3 cm³/mol. The molecule has 0 unspecified atom stereocenters. The van der Waals surface area contributed by atoms with Crippen LogP contribution in [0.1, 0.15) is 16.8 Å². The van der Waals surface area contributed by atoms with E-state index >= 15 is 0 Å². The molecule has 13 heavy (non-hydrogen) atoms. The van der Waals surface area contributed by atoms with Gasteiger partial charge >= 0.3 is 0 Å². The van der Waals surface area contributed by atoms with Crippen molar-refractivity contribution in [3.63, 3.8) is 0 Å². The Morgan fingerprint density at radius 3 is 2.62 bits per heavy atom. The molecule has 0 saturated carbocycles. The van der Waals surface area contributed by atoms with Crippen LogP contribution in [-0.2, 0) is 0 Å². The summed E-state index contributed by atoms with van der Waals surface area (Å²) in [5.74, 6) is 0.722. The summed E-state index contributed by atoms with van der Waals surface area (Å²) >= 11 is 0. The molecule has 0 saturated heterocycles. The number of anilines is 1. The maximum Gasteiger partial charge on any atom is 0.137 e. The van der Waals surface area contributed by atoms with Crippen LogP contribution in [0.3, 0.4) is 0 Å². The van der Waals surface area contributed by atoms with Crippen LogP contribution in [-0.4, -0.2) is 17.9 Å². The molecule has 70 valence electrons. The van der Waals surface area contributed by atoms with Crippen molar-refractivity contribution in [2.75, 3.05) is 12.4 Å². The van der Waals surface area contributed by atoms with E-state index in [4.69, 9.17) is 11.1 Å². The van der Waals surface area contributed by atoms with Gasteiger partial charge in [0.05, 0.1) is 5.56 Å². The summed E-state index contributed by atoms with van der Waals surface area (Å²) in [7, 11) is 1.77. The van der Waals surface area contributed by atoms with Gasteiger partial charge in [0.2, 0.25) is 0 Å². The molecule has 4 heteroatoms. The second-order valence-electron chi connectivity index (χ2n) is 2.97. The lowest BCUT2D eigenvalue weighted by Gasteiger charge is -2.10. The fourth-order valence-electron chi connectivity index (χ4n) is 1.36. The van der Waals surface area contributed by atoms with E-state index in [1.807, 2.05) is 19.9 Å². The SMILES string of the molecule is CNc1nc(C)cc(C)c1C(=N)N. The average Bonchev–Trinajstić information content (AvgIpc) is 2.01. The van der Waals surface area contributed by atoms with Crippen LogP contribution in [0.15, 0.2) is 6.07 Å². The van der Waals surface area contributed by atoms with Crippen molar-refractivity contribution >= 4 is 11.7 Å². The number of hydrogen-bond acceptors (Lipinski definition) is 3. The molecule has 0 bridgehead atoms. The van der Waals surface area contributed by atoms with E-state index in [1.165, 1.54) is 0 Å². The minimum absolute atomic E-state index is 0.0503. The normalized spacial score (nSPS) is 9.77. The lowest BCUT2D eigenvalue weighted by Crippen LogP contribution is -2.16. The largest absolute Gasteiger partial charge is 0.384 e. The Morgan fingerprint density at radius 1 is 1.54 bits per heavy atom. The highest BCUT2D eigenvalue weighted by atomic mass is 15.0. The van der Waals surface area contributed by atoms with E-state index in [0.29, 0.717) is 11.4 Å². The molecule has 0 atom stereocenters. The molecule has 1 aromatic heterocycles. The smallest absolute Gasteiger partial charge is 0.137 e. The number of pyridine rings is 1. The molecule has 1 aromatic rings. The molecule has 0 aromatic carbocycles. The minimum Gasteiger partial charge on any atom is -0.384 e. The molecule has 4 N–H and O–H groups in total. The molecule has 0 radical (unpaired) electrons. The third-order valence-electron chi connectivity index (χ3n) is 1.85. The van der Waals surface area contributed by atoms with Gasteiger partial charge in [0.25, 0.3) is 0 Å². The number of aromatic nitrogens is 1. The first-order valence-corrected chi connectivity index (χ1v) is 4.06. The van der Waals surface area contributed by atoms with Gasteiger partial charge in [-0.25, -0.2) is 4.98 Å². The molecular formula is C9H14N4. The van der Waals surface area contributed by atoms with Gasteiger partial charge in [-0.1, -0.05) is 0 Å². The van der Waals surface area contributed by atoms with Crippen LogP contribution in [0.2, 0.25) is 0 Å². The maximum atomic E-state index is 7.39. The van der Waals surface area contributed by atoms with Gasteiger partial charge in [0.15, 0.2) is 0 Å². The van der Waals surface area contributed by atoms with E-state index in [0.717, 1.165) is 11.3 Å². The van der Waals surface area contributed by atoms with Crippen LogP contribution in [0.25, 0.3) is 0 Å². The quantitative estimate of drug-likeness (QED) is 0.467. The number of amidine groups is 1. The Kier molecular flexibility index (Phi) is 2.51. The Bertz CT molecular complexity index is 344. The van der Waals surface area contributed by atoms with Crippen molar-refractivity contribution < 1.29 is 0 Å². The Balaban J connectivity index is 3.38. The number of rotatable bonds is 2. The minimum atomic E-state index is 0.0503. The zero-order chi connectivity index (χ0) is 10.0. The monoisotopic (exact) mass is 178 g/mol. The van der Waals surface area contributed by atoms with Gasteiger partial charge in [-0.05, 0) is 25.5 Å². The topological polar surface area (TPSA) is 74.8 Å². The number of nitrogens with one attached hydrogen (secondary N) is 2. The summed E-state index contributed by atoms with van der Waals surface area (Å²) in [5.41, 5.74) is 8.03. The summed E-state index contributed by atoms with van der Waals surface area (Å²) in [5, 5.41) is 10.3. The third kappa shape index (κ3) is 1.77. The number of hydrogen-bond donors (Lipinski definition) is 3. The lowest BCUT2D eigenvalue weighted by atomic mass is 10.1. The van der Waals surface area contributed by atoms with Crippen LogP contribution >= 0.6 is 0 Å². The van der Waals surface area contributed by atoms with Gasteiger partial charge in [-0.15, -0.1) is 0 Å². The highest BCUT2D eigenvalue weighted by Crippen LogP contribution is 2.16. The second-order valence-corrected chi connectivity index (χ2v) is 2.97. The molecule has 0 spiro atoms. The first-order valence-electron chi connectivity index (χ1n) is 4.06. The van der Waals surface area contributed by atoms with Crippen molar-refractivity contribution in [3.05, 3.63) is 22.9 Å². The fraction of sp³-hybridized carbons (Fsp3) is 0.333. The molecular weight excluding hydrogens is 164 g/mol. The summed E-state index contributed by atoms with van der Waals surface area (Å²) in [6, 6.07) is 1.91. The second kappa shape index (κ2) is 3.43. The lowest BCUT2D eigenvalue weighted by molar-refractivity contribution is 1.15. The highest BCUT2D eigenvalue weighted by Gasteiger charge is 2.09. The van der Waals surface area contributed by atoms with Crippen molar-refractivity contribution in [1.82, 2.24) is 4.98 Å². The standard InChI is InChI=1S/C9H14N4/c1-5-4-6(2)13-9(12-3)7(5)8(10)11/h4H,1-3H3,(H3,10,11)(H,12,13). The third-order valence-corrected chi connectivity index (χ3v) is 1.85. The van der Waals surface area contributed by atoms with Gasteiger partial charge < -0.3 is 11.1 Å². The van der Waals surface area contributed by atoms with Crippen molar-refractivity contribution in [2.24, 2.45) is 5.73 Å². The van der Waals surface area contributed by atoms with Crippen molar-refractivity contribution in [3.8, 4) is 0 Å². The van der Waals surface area contributed by atoms with Gasteiger partial charge in [-0.2, -0.15) is 0 Å². The number of nitrogens with zero attached hydrogens (tertiary/aromatic N) is 1. The summed E-state index contributed by atoms with van der Waals surface area (Å²) in [6.45, 7) is 3.84. The predicted octanol–water partition coefficient (Wildman–Crippen LogP) is 1.02. The van der Waals surface area contributed by atoms with E-state index in [2.05, 4.69) is 10.3 Å². The summed E-state index contributed by atoms with van der Waals surface area (Å²) < 4.78 is 0. The number of nitrogen functional groups attached to an aromatic ring is 1. The molecule has 0 aliphatic heterocycles. The van der Waals surface area contributed by atoms with Crippen LogP contribution in [0.4, 0.5) is 5.82 Å². The Morgan fingerprint density at radius 2 is 2.15 bits per heavy atom. The first kappa shape index (κ1) is 9.51. The van der Waals surface area contributed by atoms with E-state index in [9.17, 15) is 0 Å². The summed E-state index contributed by atoms with van der Waals surface area (Å²) in [4.78, 5) is 4.24. The molecule has 0 aliphatic carbocycles. The highest BCUT2D eigenvalue weighted by molar-refractivity contribution is 6.00. The fourth-order valence-corrected chi connectivity index (χ4v) is 1.36. The average molecular weight is 178 g/mol. The van der Waals surface area contributed by atoms with Gasteiger partial charge in [0.1, 0.15) is 11.7 Å².